The molecule has 0 heterocycles. The lowest BCUT2D eigenvalue weighted by atomic mass is 10.2. The molecule has 0 unspecified atom stereocenters. The molecule has 0 spiro atoms. The predicted octanol–water partition coefficient (Wildman–Crippen LogP) is 3.01. The maximum atomic E-state index is 12.8. The Kier molecular flexibility index (Phi) is 3.00. The van der Waals surface area contributed by atoms with E-state index in [0.717, 1.165) is 3.57 Å². The van der Waals surface area contributed by atoms with Crippen LogP contribution in [0.25, 0.3) is 0 Å². The number of carbonyl (C=O) groups is 1. The van der Waals surface area contributed by atoms with Crippen molar-refractivity contribution in [2.75, 3.05) is 0 Å². The van der Waals surface area contributed by atoms with Gasteiger partial charge in [0.1, 0.15) is 5.82 Å². The van der Waals surface area contributed by atoms with Gasteiger partial charge in [-0.3, -0.25) is 4.79 Å². The van der Waals surface area contributed by atoms with Crippen LogP contribution >= 0.6 is 38.5 Å². The third-order valence-electron chi connectivity index (χ3n) is 1.17. The number of hydrogen-bond acceptors (Lipinski definition) is 1. The van der Waals surface area contributed by atoms with Gasteiger partial charge in [0.05, 0.1) is 5.56 Å². The molecular weight excluding hydrogens is 326 g/mol. The fourth-order valence-corrected chi connectivity index (χ4v) is 1.43. The van der Waals surface area contributed by atoms with Crippen LogP contribution in [0.4, 0.5) is 4.39 Å². The molecule has 1 rings (SSSR count). The van der Waals surface area contributed by atoms with Crippen LogP contribution in [0.15, 0.2) is 16.6 Å². The van der Waals surface area contributed by atoms with Gasteiger partial charge in [0.15, 0.2) is 6.29 Å². The van der Waals surface area contributed by atoms with E-state index in [-0.39, 0.29) is 5.56 Å². The van der Waals surface area contributed by atoms with E-state index in [0.29, 0.717) is 10.8 Å². The molecule has 0 aliphatic heterocycles. The maximum Gasteiger partial charge on any atom is 0.153 e. The van der Waals surface area contributed by atoms with Crippen molar-refractivity contribution >= 4 is 44.8 Å². The molecule has 0 saturated heterocycles. The predicted molar refractivity (Wildman–Crippen MR) is 52.2 cm³/mol. The fraction of sp³-hybridized carbons (Fsp3) is 0. The molecule has 0 aliphatic rings. The summed E-state index contributed by atoms with van der Waals surface area (Å²) in [6.45, 7) is 0. The average molecular weight is 329 g/mol. The molecule has 0 radical (unpaired) electrons. The summed E-state index contributed by atoms with van der Waals surface area (Å²) in [7, 11) is 0. The van der Waals surface area contributed by atoms with E-state index in [1.807, 2.05) is 22.6 Å². The van der Waals surface area contributed by atoms with Gasteiger partial charge in [0, 0.05) is 8.04 Å². The second-order valence-electron chi connectivity index (χ2n) is 1.91. The average Bonchev–Trinajstić information content (AvgIpc) is 1.97. The van der Waals surface area contributed by atoms with E-state index in [1.165, 1.54) is 12.1 Å². The number of aldehydes is 1. The highest BCUT2D eigenvalue weighted by Gasteiger charge is 2.04. The van der Waals surface area contributed by atoms with Gasteiger partial charge in [-0.15, -0.1) is 0 Å². The summed E-state index contributed by atoms with van der Waals surface area (Å²) in [4.78, 5) is 10.2. The third-order valence-corrected chi connectivity index (χ3v) is 3.46. The van der Waals surface area contributed by atoms with Crippen LogP contribution in [-0.2, 0) is 0 Å². The molecule has 1 aromatic rings. The van der Waals surface area contributed by atoms with Crippen molar-refractivity contribution in [3.05, 3.63) is 31.6 Å². The highest BCUT2D eigenvalue weighted by molar-refractivity contribution is 14.1. The van der Waals surface area contributed by atoms with E-state index in [9.17, 15) is 9.18 Å². The zero-order valence-corrected chi connectivity index (χ0v) is 9.02. The summed E-state index contributed by atoms with van der Waals surface area (Å²) in [5.74, 6) is -0.493. The van der Waals surface area contributed by atoms with Crippen LogP contribution < -0.4 is 0 Å². The number of hydrogen-bond donors (Lipinski definition) is 0. The lowest BCUT2D eigenvalue weighted by Crippen LogP contribution is -1.89. The minimum atomic E-state index is -0.493. The van der Waals surface area contributed by atoms with E-state index in [4.69, 9.17) is 0 Å². The van der Waals surface area contributed by atoms with Crippen LogP contribution in [0, 0.1) is 9.39 Å². The van der Waals surface area contributed by atoms with E-state index >= 15 is 0 Å². The van der Waals surface area contributed by atoms with Crippen molar-refractivity contribution in [2.24, 2.45) is 0 Å². The zero-order valence-electron chi connectivity index (χ0n) is 5.27. The SMILES string of the molecule is O=Cc1cc(I)c(Br)cc1F. The Bertz CT molecular complexity index is 301. The molecule has 0 aliphatic carbocycles. The molecule has 0 amide bonds. The Morgan fingerprint density at radius 1 is 1.55 bits per heavy atom. The largest absolute Gasteiger partial charge is 0.298 e. The molecule has 0 N–H and O–H groups in total. The zero-order chi connectivity index (χ0) is 8.43. The van der Waals surface area contributed by atoms with Crippen LogP contribution in [0.5, 0.6) is 0 Å². The fourth-order valence-electron chi connectivity index (χ4n) is 0.628. The topological polar surface area (TPSA) is 17.1 Å². The van der Waals surface area contributed by atoms with Crippen LogP contribution in [0.3, 0.4) is 0 Å². The third kappa shape index (κ3) is 1.99. The minimum Gasteiger partial charge on any atom is -0.298 e. The highest BCUT2D eigenvalue weighted by atomic mass is 127. The number of rotatable bonds is 1. The monoisotopic (exact) mass is 328 g/mol. The minimum absolute atomic E-state index is 0.0950. The second kappa shape index (κ2) is 3.62. The van der Waals surface area contributed by atoms with E-state index in [2.05, 4.69) is 15.9 Å². The van der Waals surface area contributed by atoms with Crippen LogP contribution in [-0.4, -0.2) is 6.29 Å². The normalized spacial score (nSPS) is 9.73. The summed E-state index contributed by atoms with van der Waals surface area (Å²) in [5.41, 5.74) is 0.0950. The first-order valence-corrected chi connectivity index (χ1v) is 4.62. The molecule has 4 heteroatoms. The number of halogens is 3. The van der Waals surface area contributed by atoms with Crippen LogP contribution in [0.1, 0.15) is 10.4 Å². The van der Waals surface area contributed by atoms with Gasteiger partial charge >= 0.3 is 0 Å². The second-order valence-corrected chi connectivity index (χ2v) is 3.92. The van der Waals surface area contributed by atoms with Gasteiger partial charge in [-0.25, -0.2) is 4.39 Å². The smallest absolute Gasteiger partial charge is 0.153 e. The molecule has 0 aromatic heterocycles. The Morgan fingerprint density at radius 3 is 2.73 bits per heavy atom. The Labute approximate surface area is 85.3 Å². The van der Waals surface area contributed by atoms with Crippen molar-refractivity contribution < 1.29 is 9.18 Å². The molecule has 0 atom stereocenters. The number of carbonyl (C=O) groups excluding carboxylic acids is 1. The Morgan fingerprint density at radius 2 is 2.18 bits per heavy atom. The van der Waals surface area contributed by atoms with Crippen molar-refractivity contribution in [3.63, 3.8) is 0 Å². The molecule has 1 nitrogen and oxygen atoms in total. The Balaban J connectivity index is 3.31. The maximum absolute atomic E-state index is 12.8. The summed E-state index contributed by atoms with van der Waals surface area (Å²) in [5, 5.41) is 0. The van der Waals surface area contributed by atoms with Gasteiger partial charge in [-0.05, 0) is 50.7 Å². The van der Waals surface area contributed by atoms with Crippen LogP contribution in [0.2, 0.25) is 0 Å². The molecular formula is C7H3BrFIO. The first-order valence-electron chi connectivity index (χ1n) is 2.75. The summed E-state index contributed by atoms with van der Waals surface area (Å²) >= 11 is 5.16. The summed E-state index contributed by atoms with van der Waals surface area (Å²) in [6.07, 6.45) is 0.504. The van der Waals surface area contributed by atoms with Gasteiger partial charge in [0.2, 0.25) is 0 Å². The Hall–Kier alpha value is 0.0300. The summed E-state index contributed by atoms with van der Waals surface area (Å²) < 4.78 is 14.3. The number of benzene rings is 1. The standard InChI is InChI=1S/C7H3BrFIO/c8-5-2-6(9)4(3-11)1-7(5)10/h1-3H. The molecule has 0 bridgehead atoms. The quantitative estimate of drug-likeness (QED) is 0.440. The van der Waals surface area contributed by atoms with Crippen molar-refractivity contribution in [3.8, 4) is 0 Å². The van der Waals surface area contributed by atoms with E-state index < -0.39 is 5.82 Å². The van der Waals surface area contributed by atoms with E-state index in [1.54, 1.807) is 0 Å². The van der Waals surface area contributed by atoms with Gasteiger partial charge in [0.25, 0.3) is 0 Å². The molecule has 1 aromatic carbocycles. The molecule has 58 valence electrons. The molecule has 0 fully saturated rings. The van der Waals surface area contributed by atoms with Crippen molar-refractivity contribution in [1.29, 1.82) is 0 Å². The van der Waals surface area contributed by atoms with Crippen molar-refractivity contribution in [2.45, 2.75) is 0 Å². The lowest BCUT2D eigenvalue weighted by molar-refractivity contribution is 0.111. The molecule has 0 saturated carbocycles. The van der Waals surface area contributed by atoms with Gasteiger partial charge in [-0.1, -0.05) is 0 Å². The van der Waals surface area contributed by atoms with Gasteiger partial charge < -0.3 is 0 Å². The first kappa shape index (κ1) is 9.12. The van der Waals surface area contributed by atoms with Crippen molar-refractivity contribution in [1.82, 2.24) is 0 Å². The highest BCUT2D eigenvalue weighted by Crippen LogP contribution is 2.21. The summed E-state index contributed by atoms with van der Waals surface area (Å²) in [6, 6.07) is 2.78. The van der Waals surface area contributed by atoms with Gasteiger partial charge in [-0.2, -0.15) is 0 Å². The first-order chi connectivity index (χ1) is 5.15. The molecule has 11 heavy (non-hydrogen) atoms. The lowest BCUT2D eigenvalue weighted by Gasteiger charge is -1.97.